The Kier molecular flexibility index (Phi) is 3.62. The van der Waals surface area contributed by atoms with E-state index in [4.69, 9.17) is 4.74 Å². The molecule has 5 heteroatoms. The molecular weight excluding hydrogens is 294 g/mol. The monoisotopic (exact) mass is 309 g/mol. The fourth-order valence-corrected chi connectivity index (χ4v) is 2.60. The zero-order valence-electron chi connectivity index (χ0n) is 12.4. The van der Waals surface area contributed by atoms with E-state index >= 15 is 0 Å². The lowest BCUT2D eigenvalue weighted by atomic mass is 9.86. The van der Waals surface area contributed by atoms with E-state index in [0.29, 0.717) is 5.69 Å². The van der Waals surface area contributed by atoms with Crippen LogP contribution in [0.2, 0.25) is 0 Å². The lowest BCUT2D eigenvalue weighted by molar-refractivity contribution is -0.143. The number of carbonyl (C=O) groups excluding carboxylic acids is 2. The SMILES string of the molecule is CC(=O)Nc1ccc(C2(c3ccc(O)cc3)C=CC(=O)O2)cc1. The number of hydrogen-bond acceptors (Lipinski definition) is 4. The van der Waals surface area contributed by atoms with Crippen molar-refractivity contribution in [2.75, 3.05) is 5.32 Å². The van der Waals surface area contributed by atoms with Crippen LogP contribution in [-0.2, 0) is 19.9 Å². The molecule has 0 bridgehead atoms. The first kappa shape index (κ1) is 14.8. The third-order valence-electron chi connectivity index (χ3n) is 3.65. The van der Waals surface area contributed by atoms with Crippen LogP contribution in [0.3, 0.4) is 0 Å². The number of rotatable bonds is 3. The smallest absolute Gasteiger partial charge is 0.332 e. The maximum absolute atomic E-state index is 11.7. The molecule has 1 unspecified atom stereocenters. The van der Waals surface area contributed by atoms with Gasteiger partial charge in [0, 0.05) is 29.8 Å². The number of phenols is 1. The molecule has 2 aromatic carbocycles. The molecule has 116 valence electrons. The van der Waals surface area contributed by atoms with Crippen LogP contribution in [0.15, 0.2) is 60.7 Å². The third kappa shape index (κ3) is 2.81. The van der Waals surface area contributed by atoms with Gasteiger partial charge in [-0.1, -0.05) is 24.3 Å². The van der Waals surface area contributed by atoms with Crippen LogP contribution in [0.4, 0.5) is 5.69 Å². The van der Waals surface area contributed by atoms with Crippen LogP contribution in [-0.4, -0.2) is 17.0 Å². The van der Waals surface area contributed by atoms with E-state index in [1.165, 1.54) is 13.0 Å². The zero-order chi connectivity index (χ0) is 16.4. The molecule has 2 N–H and O–H groups in total. The first-order chi connectivity index (χ1) is 11.0. The van der Waals surface area contributed by atoms with Crippen LogP contribution < -0.4 is 5.32 Å². The summed E-state index contributed by atoms with van der Waals surface area (Å²) in [5.41, 5.74) is 1.11. The van der Waals surface area contributed by atoms with Gasteiger partial charge in [-0.2, -0.15) is 0 Å². The van der Waals surface area contributed by atoms with Gasteiger partial charge in [-0.25, -0.2) is 4.79 Å². The minimum atomic E-state index is -1.03. The van der Waals surface area contributed by atoms with E-state index in [2.05, 4.69) is 5.32 Å². The maximum Gasteiger partial charge on any atom is 0.332 e. The van der Waals surface area contributed by atoms with Gasteiger partial charge in [0.05, 0.1) is 0 Å². The number of carbonyl (C=O) groups is 2. The summed E-state index contributed by atoms with van der Waals surface area (Å²) in [7, 11) is 0. The van der Waals surface area contributed by atoms with Crippen molar-refractivity contribution in [1.82, 2.24) is 0 Å². The fraction of sp³-hybridized carbons (Fsp3) is 0.111. The quantitative estimate of drug-likeness (QED) is 0.855. The summed E-state index contributed by atoms with van der Waals surface area (Å²) in [4.78, 5) is 22.8. The Balaban J connectivity index is 2.03. The standard InChI is InChI=1S/C18H15NO4/c1-12(20)19-15-6-2-13(3-7-15)18(11-10-17(22)23-18)14-4-8-16(21)9-5-14/h2-11,21H,1H3,(H,19,20). The van der Waals surface area contributed by atoms with Crippen LogP contribution in [0.1, 0.15) is 18.1 Å². The van der Waals surface area contributed by atoms with Crippen molar-refractivity contribution >= 4 is 17.6 Å². The Labute approximate surface area is 133 Å². The highest BCUT2D eigenvalue weighted by Crippen LogP contribution is 2.39. The van der Waals surface area contributed by atoms with Crippen molar-refractivity contribution in [3.05, 3.63) is 71.8 Å². The minimum absolute atomic E-state index is 0.137. The predicted octanol–water partition coefficient (Wildman–Crippen LogP) is 2.71. The second-order valence-corrected chi connectivity index (χ2v) is 5.30. The molecule has 1 amide bonds. The number of aromatic hydroxyl groups is 1. The molecule has 2 aromatic rings. The first-order valence-electron chi connectivity index (χ1n) is 7.09. The van der Waals surface area contributed by atoms with Gasteiger partial charge in [0.15, 0.2) is 5.60 Å². The summed E-state index contributed by atoms with van der Waals surface area (Å²) in [5, 5.41) is 12.2. The Morgan fingerprint density at radius 2 is 1.61 bits per heavy atom. The number of phenolic OH excluding ortho intramolecular Hbond substituents is 1. The topological polar surface area (TPSA) is 75.6 Å². The molecule has 1 aliphatic heterocycles. The summed E-state index contributed by atoms with van der Waals surface area (Å²) >= 11 is 0. The van der Waals surface area contributed by atoms with E-state index in [9.17, 15) is 14.7 Å². The van der Waals surface area contributed by atoms with Gasteiger partial charge in [-0.15, -0.1) is 0 Å². The number of hydrogen-bond donors (Lipinski definition) is 2. The van der Waals surface area contributed by atoms with E-state index in [0.717, 1.165) is 11.1 Å². The molecule has 0 aliphatic carbocycles. The molecule has 0 aromatic heterocycles. The van der Waals surface area contributed by atoms with Crippen molar-refractivity contribution in [2.24, 2.45) is 0 Å². The molecule has 1 atom stereocenters. The van der Waals surface area contributed by atoms with Crippen molar-refractivity contribution in [3.63, 3.8) is 0 Å². The van der Waals surface area contributed by atoms with E-state index in [1.54, 1.807) is 54.6 Å². The van der Waals surface area contributed by atoms with Crippen molar-refractivity contribution in [2.45, 2.75) is 12.5 Å². The highest BCUT2D eigenvalue weighted by Gasteiger charge is 2.39. The second-order valence-electron chi connectivity index (χ2n) is 5.30. The van der Waals surface area contributed by atoms with Gasteiger partial charge in [0.1, 0.15) is 5.75 Å². The Bertz CT molecular complexity index is 778. The molecule has 0 radical (unpaired) electrons. The summed E-state index contributed by atoms with van der Waals surface area (Å²) in [6.07, 6.45) is 3.07. The number of benzene rings is 2. The minimum Gasteiger partial charge on any atom is -0.508 e. The molecule has 0 fully saturated rings. The van der Waals surface area contributed by atoms with Gasteiger partial charge in [-0.05, 0) is 30.3 Å². The summed E-state index contributed by atoms with van der Waals surface area (Å²) < 4.78 is 5.56. The molecule has 5 nitrogen and oxygen atoms in total. The average molecular weight is 309 g/mol. The van der Waals surface area contributed by atoms with Crippen molar-refractivity contribution in [3.8, 4) is 5.75 Å². The molecule has 1 aliphatic rings. The second kappa shape index (κ2) is 5.61. The van der Waals surface area contributed by atoms with E-state index in [1.807, 2.05) is 0 Å². The largest absolute Gasteiger partial charge is 0.508 e. The highest BCUT2D eigenvalue weighted by molar-refractivity contribution is 5.89. The number of amides is 1. The Morgan fingerprint density at radius 1 is 1.04 bits per heavy atom. The molecule has 1 heterocycles. The number of ether oxygens (including phenoxy) is 1. The summed E-state index contributed by atoms with van der Waals surface area (Å²) in [5.74, 6) is -0.444. The van der Waals surface area contributed by atoms with E-state index < -0.39 is 11.6 Å². The molecule has 0 spiro atoms. The summed E-state index contributed by atoms with van der Waals surface area (Å²) in [6, 6.07) is 13.6. The number of esters is 1. The van der Waals surface area contributed by atoms with Gasteiger partial charge in [0.25, 0.3) is 0 Å². The van der Waals surface area contributed by atoms with Crippen molar-refractivity contribution in [1.29, 1.82) is 0 Å². The first-order valence-corrected chi connectivity index (χ1v) is 7.09. The molecular formula is C18H15NO4. The Morgan fingerprint density at radius 3 is 2.09 bits per heavy atom. The molecule has 3 rings (SSSR count). The molecule has 0 saturated heterocycles. The number of nitrogens with one attached hydrogen (secondary N) is 1. The van der Waals surface area contributed by atoms with Gasteiger partial charge >= 0.3 is 5.97 Å². The average Bonchev–Trinajstić information content (AvgIpc) is 2.91. The maximum atomic E-state index is 11.7. The lowest BCUT2D eigenvalue weighted by Crippen LogP contribution is -2.27. The van der Waals surface area contributed by atoms with Crippen LogP contribution in [0, 0.1) is 0 Å². The lowest BCUT2D eigenvalue weighted by Gasteiger charge is -2.28. The normalized spacial score (nSPS) is 19.4. The van der Waals surface area contributed by atoms with Crippen molar-refractivity contribution < 1.29 is 19.4 Å². The zero-order valence-corrected chi connectivity index (χ0v) is 12.4. The van der Waals surface area contributed by atoms with Gasteiger partial charge in [-0.3, -0.25) is 4.79 Å². The molecule has 0 saturated carbocycles. The Hall–Kier alpha value is -3.08. The third-order valence-corrected chi connectivity index (χ3v) is 3.65. The highest BCUT2D eigenvalue weighted by atomic mass is 16.6. The van der Waals surface area contributed by atoms with E-state index in [-0.39, 0.29) is 11.7 Å². The predicted molar refractivity (Wildman–Crippen MR) is 84.9 cm³/mol. The summed E-state index contributed by atoms with van der Waals surface area (Å²) in [6.45, 7) is 1.44. The number of anilines is 1. The fourth-order valence-electron chi connectivity index (χ4n) is 2.60. The molecule has 23 heavy (non-hydrogen) atoms. The van der Waals surface area contributed by atoms with Gasteiger partial charge in [0.2, 0.25) is 5.91 Å². The van der Waals surface area contributed by atoms with Crippen LogP contribution in [0.25, 0.3) is 0 Å². The van der Waals surface area contributed by atoms with Crippen LogP contribution >= 0.6 is 0 Å². The van der Waals surface area contributed by atoms with Gasteiger partial charge < -0.3 is 15.2 Å². The van der Waals surface area contributed by atoms with Crippen LogP contribution in [0.5, 0.6) is 5.75 Å². The number of cyclic esters (lactones) is 1.